The van der Waals surface area contributed by atoms with Crippen LogP contribution in [0, 0.1) is 0 Å². The van der Waals surface area contributed by atoms with Gasteiger partial charge in [0.15, 0.2) is 0 Å². The van der Waals surface area contributed by atoms with Crippen LogP contribution >= 0.6 is 0 Å². The minimum atomic E-state index is 0.636. The van der Waals surface area contributed by atoms with Gasteiger partial charge in [-0.3, -0.25) is 0 Å². The van der Waals surface area contributed by atoms with Crippen molar-refractivity contribution in [2.45, 2.75) is 38.1 Å². The summed E-state index contributed by atoms with van der Waals surface area (Å²) in [6.45, 7) is 1.14. The summed E-state index contributed by atoms with van der Waals surface area (Å²) in [4.78, 5) is 5.92. The first-order valence-corrected chi connectivity index (χ1v) is 9.34. The van der Waals surface area contributed by atoms with Crippen molar-refractivity contribution in [2.24, 2.45) is 0 Å². The van der Waals surface area contributed by atoms with Gasteiger partial charge >= 0.3 is 0 Å². The topological polar surface area (TPSA) is 45.0 Å². The molecule has 130 valence electrons. The lowest BCUT2D eigenvalue weighted by Crippen LogP contribution is -2.37. The number of aromatic nitrogens is 1. The average Bonchev–Trinajstić information content (AvgIpc) is 3.05. The number of benzene rings is 2. The van der Waals surface area contributed by atoms with Crippen LogP contribution in [0.5, 0.6) is 0 Å². The van der Waals surface area contributed by atoms with E-state index in [0.717, 1.165) is 31.5 Å². The Labute approximate surface area is 149 Å². The first-order valence-electron chi connectivity index (χ1n) is 9.34. The highest BCUT2D eigenvalue weighted by molar-refractivity contribution is 5.82. The van der Waals surface area contributed by atoms with Crippen LogP contribution in [-0.2, 0) is 19.3 Å². The number of likely N-dealkylation sites (N-methyl/N-ethyl adjacent to an activating group) is 1. The Balaban J connectivity index is 1.34. The highest BCUT2D eigenvalue weighted by Crippen LogP contribution is 2.28. The number of para-hydroxylation sites is 1. The minimum absolute atomic E-state index is 0.636. The number of rotatable bonds is 5. The van der Waals surface area contributed by atoms with Crippen LogP contribution in [-0.4, -0.2) is 29.5 Å². The van der Waals surface area contributed by atoms with E-state index >= 15 is 0 Å². The number of fused-ring (bicyclic) bond motifs is 2. The number of nitrogens with zero attached hydrogens (tertiary/aromatic N) is 1. The molecule has 0 fully saturated rings. The third-order valence-corrected chi connectivity index (χ3v) is 5.75. The molecule has 2 aromatic carbocycles. The molecule has 0 aliphatic heterocycles. The maximum Gasteiger partial charge on any atom is 0.0456 e. The lowest BCUT2D eigenvalue weighted by Gasteiger charge is -2.33. The Kier molecular flexibility index (Phi) is 4.50. The van der Waals surface area contributed by atoms with Crippen LogP contribution in [0.15, 0.2) is 48.7 Å². The molecule has 0 saturated carbocycles. The molecule has 3 heteroatoms. The monoisotopic (exact) mass is 333 g/mol. The van der Waals surface area contributed by atoms with Gasteiger partial charge in [-0.25, -0.2) is 0 Å². The molecular weight excluding hydrogens is 306 g/mol. The van der Waals surface area contributed by atoms with Gasteiger partial charge in [0.2, 0.25) is 0 Å². The van der Waals surface area contributed by atoms with Gasteiger partial charge in [-0.2, -0.15) is 0 Å². The number of hydrogen-bond donors (Lipinski definition) is 2. The number of nitrogens with two attached hydrogens (primary N) is 1. The summed E-state index contributed by atoms with van der Waals surface area (Å²) < 4.78 is 0. The molecule has 25 heavy (non-hydrogen) atoms. The molecule has 0 saturated heterocycles. The van der Waals surface area contributed by atoms with Crippen LogP contribution in [0.2, 0.25) is 0 Å². The van der Waals surface area contributed by atoms with Crippen LogP contribution in [0.25, 0.3) is 10.9 Å². The zero-order valence-corrected chi connectivity index (χ0v) is 15.0. The van der Waals surface area contributed by atoms with Gasteiger partial charge in [-0.15, -0.1) is 0 Å². The van der Waals surface area contributed by atoms with Gasteiger partial charge in [-0.05, 0) is 74.5 Å². The Morgan fingerprint density at radius 3 is 2.96 bits per heavy atom. The molecular formula is C22H27N3. The fourth-order valence-corrected chi connectivity index (χ4v) is 4.23. The third-order valence-electron chi connectivity index (χ3n) is 5.75. The van der Waals surface area contributed by atoms with Gasteiger partial charge in [-0.1, -0.05) is 30.3 Å². The van der Waals surface area contributed by atoms with Gasteiger partial charge in [0.1, 0.15) is 0 Å². The number of hydrogen-bond acceptors (Lipinski definition) is 2. The van der Waals surface area contributed by atoms with Gasteiger partial charge in [0.25, 0.3) is 0 Å². The first kappa shape index (κ1) is 16.2. The summed E-state index contributed by atoms with van der Waals surface area (Å²) in [7, 11) is 2.27. The molecule has 1 heterocycles. The van der Waals surface area contributed by atoms with E-state index in [2.05, 4.69) is 59.5 Å². The van der Waals surface area contributed by atoms with E-state index in [1.54, 1.807) is 0 Å². The van der Waals surface area contributed by atoms with Crippen LogP contribution < -0.4 is 5.73 Å². The standard InChI is InChI=1S/C22H27N3/c1-25(18-11-12-19-16(14-18)6-4-9-21(19)23)13-5-7-17-15-24-22-10-3-2-8-20(17)22/h2-4,6,8-10,15,18,24H,5,7,11-14,23H2,1H3. The molecule has 3 aromatic rings. The second kappa shape index (κ2) is 6.93. The quantitative estimate of drug-likeness (QED) is 0.688. The molecule has 1 aliphatic rings. The maximum absolute atomic E-state index is 6.13. The van der Waals surface area contributed by atoms with Crippen molar-refractivity contribution in [3.63, 3.8) is 0 Å². The Hall–Kier alpha value is -2.26. The number of nitrogens with one attached hydrogen (secondary N) is 1. The second-order valence-electron chi connectivity index (χ2n) is 7.33. The Morgan fingerprint density at radius 1 is 1.16 bits per heavy atom. The Bertz CT molecular complexity index is 865. The summed E-state index contributed by atoms with van der Waals surface area (Å²) >= 11 is 0. The molecule has 3 N–H and O–H groups in total. The molecule has 0 bridgehead atoms. The lowest BCUT2D eigenvalue weighted by molar-refractivity contribution is 0.220. The first-order chi connectivity index (χ1) is 12.2. The summed E-state index contributed by atoms with van der Waals surface area (Å²) in [6, 6.07) is 15.6. The predicted molar refractivity (Wildman–Crippen MR) is 106 cm³/mol. The van der Waals surface area contributed by atoms with Gasteiger partial charge < -0.3 is 15.6 Å². The van der Waals surface area contributed by atoms with Crippen LogP contribution in [0.3, 0.4) is 0 Å². The number of aryl methyl sites for hydroxylation is 1. The number of anilines is 1. The molecule has 1 aromatic heterocycles. The zero-order chi connectivity index (χ0) is 17.2. The van der Waals surface area contributed by atoms with Crippen molar-refractivity contribution in [1.29, 1.82) is 0 Å². The van der Waals surface area contributed by atoms with Crippen molar-refractivity contribution >= 4 is 16.6 Å². The molecule has 0 spiro atoms. The molecule has 4 rings (SSSR count). The normalized spacial score (nSPS) is 17.1. The lowest BCUT2D eigenvalue weighted by atomic mass is 9.86. The zero-order valence-electron chi connectivity index (χ0n) is 15.0. The van der Waals surface area contributed by atoms with Gasteiger partial charge in [0, 0.05) is 28.8 Å². The molecule has 1 atom stereocenters. The van der Waals surface area contributed by atoms with Gasteiger partial charge in [0.05, 0.1) is 0 Å². The Morgan fingerprint density at radius 2 is 2.04 bits per heavy atom. The SMILES string of the molecule is CN(CCCc1c[nH]c2ccccc12)C1CCc2c(N)cccc2C1. The number of nitrogen functional groups attached to an aromatic ring is 1. The average molecular weight is 333 g/mol. The smallest absolute Gasteiger partial charge is 0.0456 e. The third kappa shape index (κ3) is 3.29. The molecule has 0 amide bonds. The van der Waals surface area contributed by atoms with Crippen molar-refractivity contribution in [3.05, 3.63) is 65.4 Å². The van der Waals surface area contributed by atoms with Crippen molar-refractivity contribution < 1.29 is 0 Å². The molecule has 1 unspecified atom stereocenters. The van der Waals surface area contributed by atoms with E-state index in [-0.39, 0.29) is 0 Å². The predicted octanol–water partition coefficient (Wildman–Crippen LogP) is 4.17. The summed E-state index contributed by atoms with van der Waals surface area (Å²) in [5.41, 5.74) is 12.6. The second-order valence-corrected chi connectivity index (χ2v) is 7.33. The number of H-pyrrole nitrogens is 1. The largest absolute Gasteiger partial charge is 0.398 e. The fourth-order valence-electron chi connectivity index (χ4n) is 4.23. The van der Waals surface area contributed by atoms with Crippen molar-refractivity contribution in [3.8, 4) is 0 Å². The van der Waals surface area contributed by atoms with E-state index in [1.165, 1.54) is 40.4 Å². The van der Waals surface area contributed by atoms with Crippen LogP contribution in [0.4, 0.5) is 5.69 Å². The van der Waals surface area contributed by atoms with E-state index < -0.39 is 0 Å². The molecule has 1 aliphatic carbocycles. The van der Waals surface area contributed by atoms with E-state index in [0.29, 0.717) is 6.04 Å². The maximum atomic E-state index is 6.13. The summed E-state index contributed by atoms with van der Waals surface area (Å²) in [5, 5.41) is 1.37. The van der Waals surface area contributed by atoms with Crippen molar-refractivity contribution in [2.75, 3.05) is 19.3 Å². The number of aromatic amines is 1. The fraction of sp³-hybridized carbons (Fsp3) is 0.364. The molecule has 3 nitrogen and oxygen atoms in total. The minimum Gasteiger partial charge on any atom is -0.398 e. The van der Waals surface area contributed by atoms with E-state index in [9.17, 15) is 0 Å². The highest BCUT2D eigenvalue weighted by atomic mass is 15.1. The highest BCUT2D eigenvalue weighted by Gasteiger charge is 2.22. The summed E-state index contributed by atoms with van der Waals surface area (Å²) in [6.07, 6.45) is 7.95. The van der Waals surface area contributed by atoms with E-state index in [4.69, 9.17) is 5.73 Å². The van der Waals surface area contributed by atoms with Crippen LogP contribution in [0.1, 0.15) is 29.5 Å². The molecule has 0 radical (unpaired) electrons. The van der Waals surface area contributed by atoms with E-state index in [1.807, 2.05) is 6.07 Å². The van der Waals surface area contributed by atoms with Crippen molar-refractivity contribution in [1.82, 2.24) is 9.88 Å². The summed E-state index contributed by atoms with van der Waals surface area (Å²) in [5.74, 6) is 0.